The molecular weight excluding hydrogens is 505 g/mol. The van der Waals surface area contributed by atoms with Gasteiger partial charge in [0.2, 0.25) is 5.91 Å². The number of halogens is 9. The quantitative estimate of drug-likeness (QED) is 0.306. The number of methoxy groups -OCH3 is 1. The third-order valence-corrected chi connectivity index (χ3v) is 5.16. The van der Waals surface area contributed by atoms with Crippen LogP contribution in [0, 0.1) is 0 Å². The molecule has 0 spiro atoms. The summed E-state index contributed by atoms with van der Waals surface area (Å²) in [5.74, 6) is -17.5. The van der Waals surface area contributed by atoms with Crippen LogP contribution in [0.1, 0.15) is 12.5 Å². The second-order valence-electron chi connectivity index (χ2n) is 6.33. The maximum Gasteiger partial charge on any atom is 0.460 e. The molecular formula is C16H14F9NO6S. The summed E-state index contributed by atoms with van der Waals surface area (Å²) in [4.78, 5) is 22.7. The van der Waals surface area contributed by atoms with Crippen molar-refractivity contribution in [2.75, 3.05) is 7.11 Å². The van der Waals surface area contributed by atoms with Gasteiger partial charge < -0.3 is 14.2 Å². The van der Waals surface area contributed by atoms with Crippen molar-refractivity contribution in [3.8, 4) is 5.75 Å². The minimum Gasteiger partial charge on any atom is -0.467 e. The fourth-order valence-corrected chi connectivity index (χ4v) is 3.11. The lowest BCUT2D eigenvalue weighted by atomic mass is 10.1. The first-order valence-electron chi connectivity index (χ1n) is 8.29. The van der Waals surface area contributed by atoms with E-state index >= 15 is 0 Å². The molecule has 33 heavy (non-hydrogen) atoms. The first-order chi connectivity index (χ1) is 14.7. The fraction of sp³-hybridized carbons (Fsp3) is 0.500. The molecule has 1 aromatic carbocycles. The summed E-state index contributed by atoms with van der Waals surface area (Å²) in [7, 11) is -6.08. The van der Waals surface area contributed by atoms with Crippen LogP contribution in [-0.2, 0) is 30.9 Å². The minimum absolute atomic E-state index is 0.115. The Balaban J connectivity index is 3.16. The number of hydrogen-bond acceptors (Lipinski definition) is 6. The molecule has 0 bridgehead atoms. The van der Waals surface area contributed by atoms with E-state index in [1.165, 1.54) is 0 Å². The molecule has 0 saturated heterocycles. The molecule has 0 aromatic heterocycles. The zero-order valence-corrected chi connectivity index (χ0v) is 17.2. The summed E-state index contributed by atoms with van der Waals surface area (Å²) >= 11 is 0. The Morgan fingerprint density at radius 2 is 1.42 bits per heavy atom. The topological polar surface area (TPSA) is 98.8 Å². The summed E-state index contributed by atoms with van der Waals surface area (Å²) in [5.41, 5.74) is 0.115. The number of rotatable bonds is 9. The Morgan fingerprint density at radius 1 is 0.939 bits per heavy atom. The van der Waals surface area contributed by atoms with Gasteiger partial charge in [-0.1, -0.05) is 12.1 Å². The van der Waals surface area contributed by atoms with Crippen LogP contribution in [0.3, 0.4) is 0 Å². The Kier molecular flexibility index (Phi) is 7.95. The highest BCUT2D eigenvalue weighted by atomic mass is 32.2. The highest BCUT2D eigenvalue weighted by Crippen LogP contribution is 2.54. The Hall–Kier alpha value is -2.72. The lowest BCUT2D eigenvalue weighted by Crippen LogP contribution is -2.63. The first-order valence-corrected chi connectivity index (χ1v) is 9.70. The van der Waals surface area contributed by atoms with E-state index < -0.39 is 57.1 Å². The first kappa shape index (κ1) is 28.3. The number of nitrogens with one attached hydrogen (secondary N) is 1. The molecule has 0 aliphatic heterocycles. The summed E-state index contributed by atoms with van der Waals surface area (Å²) in [6.07, 6.45) is -7.49. The second-order valence-corrected chi connectivity index (χ2v) is 7.91. The average molecular weight is 519 g/mol. The number of hydrogen-bond donors (Lipinski definition) is 1. The molecule has 1 aromatic rings. The van der Waals surface area contributed by atoms with Gasteiger partial charge in [0, 0.05) is 13.3 Å². The number of carbonyl (C=O) groups excluding carboxylic acids is 2. The van der Waals surface area contributed by atoms with Crippen LogP contribution in [0.15, 0.2) is 24.3 Å². The van der Waals surface area contributed by atoms with Gasteiger partial charge in [0.1, 0.15) is 11.8 Å². The highest BCUT2D eigenvalue weighted by Gasteiger charge is 2.86. The number of amides is 1. The minimum atomic E-state index is -7.43. The van der Waals surface area contributed by atoms with Crippen molar-refractivity contribution in [1.82, 2.24) is 5.32 Å². The van der Waals surface area contributed by atoms with Crippen LogP contribution in [0.2, 0.25) is 0 Å². The van der Waals surface area contributed by atoms with Crippen LogP contribution >= 0.6 is 0 Å². The van der Waals surface area contributed by atoms with E-state index in [0.29, 0.717) is 12.1 Å². The van der Waals surface area contributed by atoms with Crippen LogP contribution < -0.4 is 9.50 Å². The van der Waals surface area contributed by atoms with Crippen molar-refractivity contribution in [3.05, 3.63) is 29.8 Å². The van der Waals surface area contributed by atoms with Gasteiger partial charge in [-0.15, -0.1) is 0 Å². The zero-order chi connectivity index (χ0) is 26.0. The maximum absolute atomic E-state index is 13.7. The van der Waals surface area contributed by atoms with Gasteiger partial charge in [0.25, 0.3) is 0 Å². The van der Waals surface area contributed by atoms with Crippen LogP contribution in [-0.4, -0.2) is 56.7 Å². The van der Waals surface area contributed by atoms with Gasteiger partial charge in [-0.25, -0.2) is 4.79 Å². The van der Waals surface area contributed by atoms with Gasteiger partial charge in [-0.2, -0.15) is 47.9 Å². The zero-order valence-electron chi connectivity index (χ0n) is 16.4. The maximum atomic E-state index is 13.7. The van der Waals surface area contributed by atoms with E-state index in [0.717, 1.165) is 26.2 Å². The van der Waals surface area contributed by atoms with Crippen molar-refractivity contribution in [1.29, 1.82) is 0 Å². The fourth-order valence-electron chi connectivity index (χ4n) is 2.19. The van der Waals surface area contributed by atoms with Crippen molar-refractivity contribution in [2.24, 2.45) is 0 Å². The van der Waals surface area contributed by atoms with E-state index in [1.54, 1.807) is 0 Å². The largest absolute Gasteiger partial charge is 0.467 e. The summed E-state index contributed by atoms with van der Waals surface area (Å²) < 4.78 is 147. The molecule has 0 aliphatic rings. The van der Waals surface area contributed by atoms with Gasteiger partial charge in [-0.05, 0) is 17.7 Å². The van der Waals surface area contributed by atoms with Crippen LogP contribution in [0.4, 0.5) is 39.5 Å². The predicted molar refractivity (Wildman–Crippen MR) is 90.2 cm³/mol. The number of alkyl halides is 9. The van der Waals surface area contributed by atoms with Gasteiger partial charge in [0.15, 0.2) is 0 Å². The Morgan fingerprint density at radius 3 is 1.82 bits per heavy atom. The molecule has 188 valence electrons. The molecule has 0 heterocycles. The van der Waals surface area contributed by atoms with Crippen LogP contribution in [0.25, 0.3) is 0 Å². The molecule has 0 saturated carbocycles. The Labute approximate surface area is 180 Å². The smallest absolute Gasteiger partial charge is 0.460 e. The summed E-state index contributed by atoms with van der Waals surface area (Å²) in [6.45, 7) is 1.07. The molecule has 7 nitrogen and oxygen atoms in total. The van der Waals surface area contributed by atoms with Gasteiger partial charge in [0.05, 0.1) is 7.11 Å². The number of carbonyl (C=O) groups is 2. The lowest BCUT2D eigenvalue weighted by molar-refractivity contribution is -0.382. The van der Waals surface area contributed by atoms with E-state index in [9.17, 15) is 57.5 Å². The predicted octanol–water partition coefficient (Wildman–Crippen LogP) is 3.04. The van der Waals surface area contributed by atoms with E-state index in [4.69, 9.17) is 0 Å². The average Bonchev–Trinajstić information content (AvgIpc) is 2.66. The molecule has 0 radical (unpaired) electrons. The van der Waals surface area contributed by atoms with E-state index in [1.807, 2.05) is 0 Å². The molecule has 0 fully saturated rings. The SMILES string of the molecule is COC(=O)C(Cc1ccc(OS(=O)(=O)C(F)(F)C(F)(F)C(F)(F)C(F)(F)F)cc1)NC(C)=O. The number of esters is 1. The highest BCUT2D eigenvalue weighted by molar-refractivity contribution is 7.88. The van der Waals surface area contributed by atoms with Crippen LogP contribution in [0.5, 0.6) is 5.75 Å². The third kappa shape index (κ3) is 5.62. The monoisotopic (exact) mass is 519 g/mol. The second kappa shape index (κ2) is 9.26. The van der Waals surface area contributed by atoms with E-state index in [-0.39, 0.29) is 12.0 Å². The van der Waals surface area contributed by atoms with E-state index in [2.05, 4.69) is 14.2 Å². The lowest BCUT2D eigenvalue weighted by Gasteiger charge is -2.32. The molecule has 1 rings (SSSR count). The normalized spacial score (nSPS) is 14.4. The summed E-state index contributed by atoms with van der Waals surface area (Å²) in [6, 6.07) is 1.69. The third-order valence-electron chi connectivity index (χ3n) is 3.86. The molecule has 1 amide bonds. The van der Waals surface area contributed by atoms with Crippen molar-refractivity contribution in [3.63, 3.8) is 0 Å². The summed E-state index contributed by atoms with van der Waals surface area (Å²) in [5, 5.41) is -4.79. The van der Waals surface area contributed by atoms with Crippen molar-refractivity contribution in [2.45, 2.75) is 42.7 Å². The molecule has 1 unspecified atom stereocenters. The molecule has 1 N–H and O–H groups in total. The van der Waals surface area contributed by atoms with Gasteiger partial charge >= 0.3 is 39.4 Å². The Bertz CT molecular complexity index is 977. The van der Waals surface area contributed by atoms with Crippen molar-refractivity contribution >= 4 is 22.0 Å². The number of ether oxygens (including phenoxy) is 1. The molecule has 1 atom stereocenters. The van der Waals surface area contributed by atoms with Crippen molar-refractivity contribution < 1.29 is 66.4 Å². The van der Waals surface area contributed by atoms with Gasteiger partial charge in [-0.3, -0.25) is 4.79 Å². The molecule has 0 aliphatic carbocycles. The number of benzene rings is 1. The standard InChI is InChI=1S/C16H14F9NO6S/c1-8(27)26-11(12(28)31-2)7-9-3-5-10(6-4-9)32-33(29,30)16(24,25)14(19,20)13(17,18)15(21,22)23/h3-6,11H,7H2,1-2H3,(H,26,27). The molecule has 17 heteroatoms.